The van der Waals surface area contributed by atoms with Crippen LogP contribution in [-0.4, -0.2) is 27.4 Å². The first-order valence-corrected chi connectivity index (χ1v) is 7.05. The van der Waals surface area contributed by atoms with E-state index in [0.717, 1.165) is 17.3 Å². The Morgan fingerprint density at radius 2 is 1.89 bits per heavy atom. The van der Waals surface area contributed by atoms with Crippen LogP contribution < -0.4 is 0 Å². The van der Waals surface area contributed by atoms with Gasteiger partial charge in [0.15, 0.2) is 0 Å². The van der Waals surface area contributed by atoms with Gasteiger partial charge in [-0.15, -0.1) is 0 Å². The Labute approximate surface area is 112 Å². The summed E-state index contributed by atoms with van der Waals surface area (Å²) in [5.74, 6) is 0. The third-order valence-electron chi connectivity index (χ3n) is 3.64. The van der Waals surface area contributed by atoms with Crippen LogP contribution in [0.1, 0.15) is 31.4 Å². The first-order valence-electron chi connectivity index (χ1n) is 6.68. The van der Waals surface area contributed by atoms with Gasteiger partial charge in [0.05, 0.1) is 11.9 Å². The molecule has 18 heavy (non-hydrogen) atoms. The van der Waals surface area contributed by atoms with E-state index in [-0.39, 0.29) is 0 Å². The van der Waals surface area contributed by atoms with Gasteiger partial charge in [-0.2, -0.15) is 0 Å². The Hall–Kier alpha value is -1.06. The van der Waals surface area contributed by atoms with Gasteiger partial charge in [-0.05, 0) is 38.1 Å². The van der Waals surface area contributed by atoms with E-state index in [0.29, 0.717) is 0 Å². The van der Waals surface area contributed by atoms with Gasteiger partial charge < -0.3 is 0 Å². The van der Waals surface area contributed by atoms with Crippen LogP contribution in [0.3, 0.4) is 0 Å². The lowest BCUT2D eigenvalue weighted by molar-refractivity contribution is 0.273. The normalized spacial score (nSPS) is 18.1. The fraction of sp³-hybridized carbons (Fsp3) is 0.500. The molecule has 0 spiro atoms. The highest BCUT2D eigenvalue weighted by Crippen LogP contribution is 2.18. The van der Waals surface area contributed by atoms with E-state index < -0.39 is 0 Å². The maximum Gasteiger partial charge on any atom is 0.138 e. The zero-order valence-electron chi connectivity index (χ0n) is 10.5. The molecule has 0 amide bonds. The number of likely N-dealkylation sites (tertiary alicyclic amines) is 1. The molecule has 0 saturated carbocycles. The van der Waals surface area contributed by atoms with E-state index in [4.69, 9.17) is 11.6 Å². The summed E-state index contributed by atoms with van der Waals surface area (Å²) in [6, 6.07) is 5.86. The lowest BCUT2D eigenvalue weighted by atomic mass is 10.2. The fourth-order valence-corrected chi connectivity index (χ4v) is 2.96. The summed E-state index contributed by atoms with van der Waals surface area (Å²) < 4.78 is 2.05. The van der Waals surface area contributed by atoms with Gasteiger partial charge in [-0.25, -0.2) is 4.98 Å². The molecule has 1 aliphatic rings. The van der Waals surface area contributed by atoms with Gasteiger partial charge in [0.2, 0.25) is 0 Å². The number of rotatable bonds is 2. The molecule has 1 saturated heterocycles. The highest BCUT2D eigenvalue weighted by Gasteiger charge is 2.13. The van der Waals surface area contributed by atoms with Gasteiger partial charge >= 0.3 is 0 Å². The molecule has 2 aromatic rings. The Morgan fingerprint density at radius 1 is 1.11 bits per heavy atom. The van der Waals surface area contributed by atoms with Crippen LogP contribution in [0.2, 0.25) is 5.15 Å². The smallest absolute Gasteiger partial charge is 0.138 e. The summed E-state index contributed by atoms with van der Waals surface area (Å²) in [6.07, 6.45) is 7.30. The van der Waals surface area contributed by atoms with Gasteiger partial charge in [0.1, 0.15) is 10.8 Å². The third-order valence-corrected chi connectivity index (χ3v) is 3.93. The SMILES string of the molecule is Clc1cccc2ncc(CN3CCCCCC3)n12. The van der Waals surface area contributed by atoms with Crippen molar-refractivity contribution in [2.45, 2.75) is 32.2 Å². The quantitative estimate of drug-likeness (QED) is 0.775. The first-order chi connectivity index (χ1) is 8.84. The van der Waals surface area contributed by atoms with E-state index >= 15 is 0 Å². The van der Waals surface area contributed by atoms with E-state index in [1.54, 1.807) is 0 Å². The van der Waals surface area contributed by atoms with E-state index in [1.807, 2.05) is 28.8 Å². The second-order valence-electron chi connectivity index (χ2n) is 4.98. The maximum atomic E-state index is 6.26. The monoisotopic (exact) mass is 263 g/mol. The van der Waals surface area contributed by atoms with Crippen LogP contribution >= 0.6 is 11.6 Å². The second-order valence-corrected chi connectivity index (χ2v) is 5.37. The number of hydrogen-bond acceptors (Lipinski definition) is 2. The largest absolute Gasteiger partial charge is 0.298 e. The Kier molecular flexibility index (Phi) is 3.52. The Bertz CT molecular complexity index is 527. The van der Waals surface area contributed by atoms with Gasteiger partial charge in [-0.1, -0.05) is 30.5 Å². The van der Waals surface area contributed by atoms with Crippen molar-refractivity contribution in [2.24, 2.45) is 0 Å². The molecular formula is C14H18ClN3. The zero-order valence-corrected chi connectivity index (χ0v) is 11.2. The number of nitrogens with zero attached hydrogens (tertiary/aromatic N) is 3. The van der Waals surface area contributed by atoms with Crippen molar-refractivity contribution in [1.29, 1.82) is 0 Å². The van der Waals surface area contributed by atoms with Crippen molar-refractivity contribution >= 4 is 17.2 Å². The predicted molar refractivity (Wildman–Crippen MR) is 73.9 cm³/mol. The predicted octanol–water partition coefficient (Wildman–Crippen LogP) is 3.36. The molecule has 0 radical (unpaired) electrons. The van der Waals surface area contributed by atoms with Crippen molar-refractivity contribution in [2.75, 3.05) is 13.1 Å². The molecule has 4 heteroatoms. The van der Waals surface area contributed by atoms with Crippen LogP contribution in [0.15, 0.2) is 24.4 Å². The highest BCUT2D eigenvalue weighted by molar-refractivity contribution is 6.29. The number of pyridine rings is 1. The molecule has 0 aromatic carbocycles. The van der Waals surface area contributed by atoms with Gasteiger partial charge in [-0.3, -0.25) is 9.30 Å². The standard InChI is InChI=1S/C14H18ClN3/c15-13-6-5-7-14-16-10-12(18(13)14)11-17-8-3-1-2-4-9-17/h5-7,10H,1-4,8-9,11H2. The van der Waals surface area contributed by atoms with E-state index in [9.17, 15) is 0 Å². The number of aromatic nitrogens is 2. The van der Waals surface area contributed by atoms with Crippen molar-refractivity contribution in [3.05, 3.63) is 35.2 Å². The maximum absolute atomic E-state index is 6.26. The van der Waals surface area contributed by atoms with E-state index in [2.05, 4.69) is 9.88 Å². The molecule has 1 aliphatic heterocycles. The lowest BCUT2D eigenvalue weighted by Crippen LogP contribution is -2.24. The minimum atomic E-state index is 0.745. The third kappa shape index (κ3) is 2.38. The molecule has 0 N–H and O–H groups in total. The van der Waals surface area contributed by atoms with Crippen molar-refractivity contribution in [3.8, 4) is 0 Å². The minimum Gasteiger partial charge on any atom is -0.298 e. The lowest BCUT2D eigenvalue weighted by Gasteiger charge is -2.19. The van der Waals surface area contributed by atoms with Crippen LogP contribution in [0.4, 0.5) is 0 Å². The molecule has 96 valence electrons. The van der Waals surface area contributed by atoms with Crippen LogP contribution in [0.25, 0.3) is 5.65 Å². The second kappa shape index (κ2) is 5.29. The summed E-state index contributed by atoms with van der Waals surface area (Å²) in [6.45, 7) is 3.33. The Balaban J connectivity index is 1.85. The van der Waals surface area contributed by atoms with Crippen LogP contribution in [0.5, 0.6) is 0 Å². The summed E-state index contributed by atoms with van der Waals surface area (Å²) in [5, 5.41) is 0.745. The topological polar surface area (TPSA) is 20.5 Å². The molecule has 0 bridgehead atoms. The molecule has 3 nitrogen and oxygen atoms in total. The van der Waals surface area contributed by atoms with Gasteiger partial charge in [0, 0.05) is 6.54 Å². The molecule has 3 heterocycles. The number of fused-ring (bicyclic) bond motifs is 1. The summed E-state index contributed by atoms with van der Waals surface area (Å²) >= 11 is 6.26. The van der Waals surface area contributed by atoms with Crippen LogP contribution in [0, 0.1) is 0 Å². The number of hydrogen-bond donors (Lipinski definition) is 0. The van der Waals surface area contributed by atoms with Crippen molar-refractivity contribution in [3.63, 3.8) is 0 Å². The molecular weight excluding hydrogens is 246 g/mol. The molecule has 1 fully saturated rings. The van der Waals surface area contributed by atoms with Crippen molar-refractivity contribution in [1.82, 2.24) is 14.3 Å². The molecule has 0 atom stereocenters. The molecule has 2 aromatic heterocycles. The van der Waals surface area contributed by atoms with E-state index in [1.165, 1.54) is 44.5 Å². The fourth-order valence-electron chi connectivity index (χ4n) is 2.69. The highest BCUT2D eigenvalue weighted by atomic mass is 35.5. The summed E-state index contributed by atoms with van der Waals surface area (Å²) in [7, 11) is 0. The molecule has 0 aliphatic carbocycles. The van der Waals surface area contributed by atoms with Crippen LogP contribution in [-0.2, 0) is 6.54 Å². The average Bonchev–Trinajstić information content (AvgIpc) is 2.60. The number of imidazole rings is 1. The zero-order chi connectivity index (χ0) is 12.4. The Morgan fingerprint density at radius 3 is 2.67 bits per heavy atom. The average molecular weight is 264 g/mol. The first kappa shape index (κ1) is 12.0. The number of halogens is 1. The van der Waals surface area contributed by atoms with Gasteiger partial charge in [0.25, 0.3) is 0 Å². The van der Waals surface area contributed by atoms with Crippen molar-refractivity contribution < 1.29 is 0 Å². The molecule has 0 unspecified atom stereocenters. The molecule has 3 rings (SSSR count). The minimum absolute atomic E-state index is 0.745. The summed E-state index contributed by atoms with van der Waals surface area (Å²) in [5.41, 5.74) is 2.13. The summed E-state index contributed by atoms with van der Waals surface area (Å²) in [4.78, 5) is 6.93.